The molecule has 3 bridgehead atoms. The Morgan fingerprint density at radius 1 is 1.13 bits per heavy atom. The second kappa shape index (κ2) is 6.57. The van der Waals surface area contributed by atoms with Gasteiger partial charge in [0, 0.05) is 25.7 Å². The molecule has 0 aromatic carbocycles. The van der Waals surface area contributed by atoms with E-state index in [0.29, 0.717) is 10.8 Å². The molecule has 5 aliphatic rings. The van der Waals surface area contributed by atoms with Gasteiger partial charge in [-0.3, -0.25) is 9.20 Å². The van der Waals surface area contributed by atoms with Gasteiger partial charge in [-0.15, -0.1) is 0 Å². The van der Waals surface area contributed by atoms with Gasteiger partial charge in [-0.05, 0) is 105 Å². The van der Waals surface area contributed by atoms with Crippen LogP contribution in [-0.4, -0.2) is 46.4 Å². The smallest absolute Gasteiger partial charge is 0.268 e. The molecule has 0 radical (unpaired) electrons. The lowest BCUT2D eigenvalue weighted by Gasteiger charge is -2.49. The van der Waals surface area contributed by atoms with Crippen LogP contribution < -0.4 is 5.32 Å². The van der Waals surface area contributed by atoms with Crippen molar-refractivity contribution < 1.29 is 4.79 Å². The fourth-order valence-corrected chi connectivity index (χ4v) is 8.75. The van der Waals surface area contributed by atoms with Crippen molar-refractivity contribution in [1.82, 2.24) is 19.6 Å². The van der Waals surface area contributed by atoms with Crippen molar-refractivity contribution in [3.63, 3.8) is 0 Å². The van der Waals surface area contributed by atoms with Crippen LogP contribution in [0.4, 0.5) is 0 Å². The summed E-state index contributed by atoms with van der Waals surface area (Å²) in [4.78, 5) is 20.6. The number of hydrogen-bond donors (Lipinski definition) is 1. The van der Waals surface area contributed by atoms with Crippen molar-refractivity contribution in [2.75, 3.05) is 26.2 Å². The average molecular weight is 419 g/mol. The SMILES string of the molecule is O=C(NCC12CC3CC4CC(C1)C4(C3)C2)c1cccc2nc(CCN3CCCC3)cn12. The van der Waals surface area contributed by atoms with E-state index < -0.39 is 0 Å². The summed E-state index contributed by atoms with van der Waals surface area (Å²) in [6.45, 7) is 4.36. The molecule has 1 aliphatic heterocycles. The van der Waals surface area contributed by atoms with Crippen molar-refractivity contribution in [2.45, 2.75) is 57.8 Å². The average Bonchev–Trinajstić information content (AvgIpc) is 3.49. The van der Waals surface area contributed by atoms with E-state index in [1.807, 2.05) is 22.6 Å². The topological polar surface area (TPSA) is 49.6 Å². The monoisotopic (exact) mass is 418 g/mol. The zero-order valence-electron chi connectivity index (χ0n) is 18.5. The zero-order valence-corrected chi connectivity index (χ0v) is 18.5. The second-order valence-electron chi connectivity index (χ2n) is 11.6. The standard InChI is InChI=1S/C26H34N4O/c31-24(27-17-25-12-18-10-19-11-20(14-25)26(19,13-18)16-25)22-4-3-5-23-28-21(15-30(22)23)6-9-29-7-1-2-8-29/h3-5,15,18-20H,1-2,6-14,16-17H2,(H,27,31). The van der Waals surface area contributed by atoms with Crippen LogP contribution in [0.1, 0.15) is 67.5 Å². The molecule has 5 atom stereocenters. The molecule has 3 heterocycles. The van der Waals surface area contributed by atoms with E-state index in [-0.39, 0.29) is 5.91 Å². The number of nitrogens with zero attached hydrogens (tertiary/aromatic N) is 3. The Hall–Kier alpha value is -1.88. The number of pyridine rings is 1. The molecule has 164 valence electrons. The normalized spacial score (nSPS) is 38.0. The van der Waals surface area contributed by atoms with Crippen LogP contribution in [0, 0.1) is 28.6 Å². The lowest BCUT2D eigenvalue weighted by atomic mass is 9.55. The zero-order chi connectivity index (χ0) is 20.6. The van der Waals surface area contributed by atoms with E-state index in [1.165, 1.54) is 64.5 Å². The summed E-state index contributed by atoms with van der Waals surface area (Å²) in [5.41, 5.74) is 3.76. The quantitative estimate of drug-likeness (QED) is 0.774. The van der Waals surface area contributed by atoms with Gasteiger partial charge in [0.2, 0.25) is 0 Å². The maximum Gasteiger partial charge on any atom is 0.268 e. The molecule has 1 amide bonds. The Kier molecular flexibility index (Phi) is 3.95. The Morgan fingerprint density at radius 2 is 2.03 bits per heavy atom. The van der Waals surface area contributed by atoms with Crippen LogP contribution in [0.3, 0.4) is 0 Å². The highest BCUT2D eigenvalue weighted by Crippen LogP contribution is 2.78. The van der Waals surface area contributed by atoms with Gasteiger partial charge in [-0.2, -0.15) is 0 Å². The Morgan fingerprint density at radius 3 is 2.94 bits per heavy atom. The maximum atomic E-state index is 13.3. The minimum Gasteiger partial charge on any atom is -0.350 e. The molecule has 5 fully saturated rings. The van der Waals surface area contributed by atoms with Crippen molar-refractivity contribution in [3.05, 3.63) is 35.8 Å². The number of hydrogen-bond acceptors (Lipinski definition) is 3. The third-order valence-corrected chi connectivity index (χ3v) is 9.87. The molecule has 7 rings (SSSR count). The summed E-state index contributed by atoms with van der Waals surface area (Å²) < 4.78 is 2.00. The minimum absolute atomic E-state index is 0.0645. The Bertz CT molecular complexity index is 1040. The molecule has 2 aromatic rings. The van der Waals surface area contributed by atoms with Gasteiger partial charge < -0.3 is 10.2 Å². The lowest BCUT2D eigenvalue weighted by molar-refractivity contribution is -0.00254. The van der Waals surface area contributed by atoms with E-state index in [4.69, 9.17) is 4.98 Å². The highest BCUT2D eigenvalue weighted by molar-refractivity contribution is 5.93. The molecule has 2 aromatic heterocycles. The van der Waals surface area contributed by atoms with Crippen LogP contribution in [-0.2, 0) is 6.42 Å². The fraction of sp³-hybridized carbons (Fsp3) is 0.692. The summed E-state index contributed by atoms with van der Waals surface area (Å²) in [5, 5.41) is 3.37. The van der Waals surface area contributed by atoms with Crippen LogP contribution in [0.2, 0.25) is 0 Å². The summed E-state index contributed by atoms with van der Waals surface area (Å²) in [6.07, 6.45) is 14.2. The first-order chi connectivity index (χ1) is 15.1. The molecule has 5 heteroatoms. The number of carbonyl (C=O) groups is 1. The predicted octanol–water partition coefficient (Wildman–Crippen LogP) is 3.92. The first-order valence-electron chi connectivity index (χ1n) is 12.6. The lowest BCUT2D eigenvalue weighted by Crippen LogP contribution is -2.43. The number of fused-ring (bicyclic) bond motifs is 3. The molecule has 4 aliphatic carbocycles. The molecular weight excluding hydrogens is 384 g/mol. The third-order valence-electron chi connectivity index (χ3n) is 9.87. The van der Waals surface area contributed by atoms with Crippen LogP contribution in [0.5, 0.6) is 0 Å². The van der Waals surface area contributed by atoms with Crippen molar-refractivity contribution in [1.29, 1.82) is 0 Å². The van der Waals surface area contributed by atoms with Gasteiger partial charge in [0.25, 0.3) is 5.91 Å². The number of carbonyl (C=O) groups excluding carboxylic acids is 1. The van der Waals surface area contributed by atoms with Gasteiger partial charge in [-0.1, -0.05) is 6.07 Å². The van der Waals surface area contributed by atoms with Gasteiger partial charge in [0.15, 0.2) is 0 Å². The molecule has 1 spiro atoms. The number of imidazole rings is 1. The maximum absolute atomic E-state index is 13.3. The molecule has 5 unspecified atom stereocenters. The number of nitrogens with one attached hydrogen (secondary N) is 1. The Labute approximate surface area is 184 Å². The highest BCUT2D eigenvalue weighted by Gasteiger charge is 2.70. The molecule has 1 saturated heterocycles. The minimum atomic E-state index is 0.0645. The largest absolute Gasteiger partial charge is 0.350 e. The summed E-state index contributed by atoms with van der Waals surface area (Å²) in [5.74, 6) is 2.96. The fourth-order valence-electron chi connectivity index (χ4n) is 8.75. The van der Waals surface area contributed by atoms with Gasteiger partial charge in [-0.25, -0.2) is 4.98 Å². The van der Waals surface area contributed by atoms with Crippen molar-refractivity contribution in [2.24, 2.45) is 28.6 Å². The summed E-state index contributed by atoms with van der Waals surface area (Å²) in [6, 6.07) is 5.94. The van der Waals surface area contributed by atoms with Gasteiger partial charge in [0.05, 0.1) is 5.69 Å². The van der Waals surface area contributed by atoms with Crippen LogP contribution in [0.25, 0.3) is 5.65 Å². The number of aromatic nitrogens is 2. The van der Waals surface area contributed by atoms with E-state index in [1.54, 1.807) is 0 Å². The van der Waals surface area contributed by atoms with E-state index in [0.717, 1.165) is 54.3 Å². The summed E-state index contributed by atoms with van der Waals surface area (Å²) in [7, 11) is 0. The molecular formula is C26H34N4O. The first-order valence-corrected chi connectivity index (χ1v) is 12.6. The Balaban J connectivity index is 1.06. The van der Waals surface area contributed by atoms with E-state index in [9.17, 15) is 4.79 Å². The number of amides is 1. The van der Waals surface area contributed by atoms with Crippen molar-refractivity contribution in [3.8, 4) is 0 Å². The van der Waals surface area contributed by atoms with Crippen LogP contribution >= 0.6 is 0 Å². The van der Waals surface area contributed by atoms with Gasteiger partial charge >= 0.3 is 0 Å². The second-order valence-corrected chi connectivity index (χ2v) is 11.6. The molecule has 4 saturated carbocycles. The van der Waals surface area contributed by atoms with Crippen molar-refractivity contribution >= 4 is 11.6 Å². The molecule has 31 heavy (non-hydrogen) atoms. The van der Waals surface area contributed by atoms with E-state index in [2.05, 4.69) is 16.4 Å². The first kappa shape index (κ1) is 18.7. The number of likely N-dealkylation sites (tertiary alicyclic amines) is 1. The predicted molar refractivity (Wildman–Crippen MR) is 120 cm³/mol. The molecule has 1 N–H and O–H groups in total. The summed E-state index contributed by atoms with van der Waals surface area (Å²) >= 11 is 0. The van der Waals surface area contributed by atoms with E-state index >= 15 is 0 Å². The van der Waals surface area contributed by atoms with Crippen LogP contribution in [0.15, 0.2) is 24.4 Å². The van der Waals surface area contributed by atoms with Gasteiger partial charge in [0.1, 0.15) is 11.3 Å². The highest BCUT2D eigenvalue weighted by atomic mass is 16.1. The molecule has 5 nitrogen and oxygen atoms in total. The third kappa shape index (κ3) is 2.78. The number of rotatable bonds is 6.